The monoisotopic (exact) mass is 413 g/mol. The highest BCUT2D eigenvalue weighted by Gasteiger charge is 2.29. The van der Waals surface area contributed by atoms with Crippen LogP contribution in [0.2, 0.25) is 0 Å². The predicted molar refractivity (Wildman–Crippen MR) is 111 cm³/mol. The van der Waals surface area contributed by atoms with Crippen molar-refractivity contribution in [1.82, 2.24) is 16.1 Å². The van der Waals surface area contributed by atoms with Crippen LogP contribution in [0.3, 0.4) is 0 Å². The summed E-state index contributed by atoms with van der Waals surface area (Å²) in [5, 5.41) is 14.2. The fourth-order valence-corrected chi connectivity index (χ4v) is 2.76. The molecule has 8 nitrogen and oxygen atoms in total. The van der Waals surface area contributed by atoms with E-state index in [0.29, 0.717) is 5.56 Å². The first-order valence-electron chi connectivity index (χ1n) is 9.52. The van der Waals surface area contributed by atoms with E-state index in [1.165, 1.54) is 0 Å². The van der Waals surface area contributed by atoms with Crippen LogP contribution in [0.1, 0.15) is 37.9 Å². The fourth-order valence-electron chi connectivity index (χ4n) is 2.76. The Kier molecular flexibility index (Phi) is 7.94. The zero-order chi connectivity index (χ0) is 22.1. The number of carbonyl (C=O) groups is 3. The van der Waals surface area contributed by atoms with Gasteiger partial charge in [-0.05, 0) is 31.9 Å². The molecule has 2 rings (SSSR count). The van der Waals surface area contributed by atoms with E-state index < -0.39 is 35.6 Å². The number of alkyl carbamates (subject to hydrolysis) is 1. The van der Waals surface area contributed by atoms with E-state index in [4.69, 9.17) is 9.94 Å². The van der Waals surface area contributed by atoms with E-state index in [1.54, 1.807) is 68.7 Å². The fraction of sp³-hybridized carbons (Fsp3) is 0.318. The molecule has 0 radical (unpaired) electrons. The maximum Gasteiger partial charge on any atom is 0.408 e. The van der Waals surface area contributed by atoms with E-state index in [1.807, 2.05) is 18.2 Å². The topological polar surface area (TPSA) is 117 Å². The summed E-state index contributed by atoms with van der Waals surface area (Å²) in [6, 6.07) is 15.5. The molecular formula is C22H27N3O5. The van der Waals surface area contributed by atoms with Crippen LogP contribution >= 0.6 is 0 Å². The Labute approximate surface area is 175 Å². The number of amides is 3. The van der Waals surface area contributed by atoms with Gasteiger partial charge in [0.15, 0.2) is 0 Å². The Hall–Kier alpha value is -3.39. The largest absolute Gasteiger partial charge is 0.444 e. The summed E-state index contributed by atoms with van der Waals surface area (Å²) in [4.78, 5) is 37.4. The molecule has 3 amide bonds. The van der Waals surface area contributed by atoms with Crippen LogP contribution in [-0.2, 0) is 20.7 Å². The molecule has 4 N–H and O–H groups in total. The zero-order valence-electron chi connectivity index (χ0n) is 17.2. The number of hydroxylamine groups is 1. The third-order valence-electron chi connectivity index (χ3n) is 4.08. The summed E-state index contributed by atoms with van der Waals surface area (Å²) in [7, 11) is 0. The highest BCUT2D eigenvalue weighted by molar-refractivity contribution is 5.91. The van der Waals surface area contributed by atoms with Crippen molar-refractivity contribution in [1.29, 1.82) is 0 Å². The molecule has 8 heteroatoms. The number of benzene rings is 2. The van der Waals surface area contributed by atoms with Crippen molar-refractivity contribution in [2.45, 2.75) is 44.9 Å². The molecule has 0 aromatic heterocycles. The Balaban J connectivity index is 2.22. The third kappa shape index (κ3) is 7.21. The van der Waals surface area contributed by atoms with E-state index in [2.05, 4.69) is 10.6 Å². The Morgan fingerprint density at radius 1 is 0.900 bits per heavy atom. The van der Waals surface area contributed by atoms with Gasteiger partial charge in [-0.25, -0.2) is 10.3 Å². The molecule has 0 aliphatic carbocycles. The van der Waals surface area contributed by atoms with Crippen molar-refractivity contribution >= 4 is 17.9 Å². The van der Waals surface area contributed by atoms with Crippen LogP contribution in [-0.4, -0.2) is 34.8 Å². The summed E-state index contributed by atoms with van der Waals surface area (Å²) in [5.41, 5.74) is 2.15. The van der Waals surface area contributed by atoms with Crippen LogP contribution < -0.4 is 16.1 Å². The lowest BCUT2D eigenvalue weighted by atomic mass is 10.0. The summed E-state index contributed by atoms with van der Waals surface area (Å²) >= 11 is 0. The highest BCUT2D eigenvalue weighted by atomic mass is 16.6. The first-order valence-corrected chi connectivity index (χ1v) is 9.52. The second kappa shape index (κ2) is 10.4. The average Bonchev–Trinajstić information content (AvgIpc) is 2.71. The molecule has 2 aromatic carbocycles. The minimum absolute atomic E-state index is 0.160. The molecular weight excluding hydrogens is 386 g/mol. The number of nitrogens with one attached hydrogen (secondary N) is 3. The lowest BCUT2D eigenvalue weighted by molar-refractivity contribution is -0.135. The molecule has 0 saturated carbocycles. The summed E-state index contributed by atoms with van der Waals surface area (Å²) in [6.45, 7) is 5.14. The third-order valence-corrected chi connectivity index (χ3v) is 4.08. The molecule has 0 fully saturated rings. The van der Waals surface area contributed by atoms with Crippen LogP contribution in [0.4, 0.5) is 4.79 Å². The molecule has 30 heavy (non-hydrogen) atoms. The van der Waals surface area contributed by atoms with Gasteiger partial charge in [0.1, 0.15) is 17.7 Å². The normalized spacial score (nSPS) is 12.9. The van der Waals surface area contributed by atoms with Gasteiger partial charge in [-0.1, -0.05) is 60.7 Å². The zero-order valence-corrected chi connectivity index (χ0v) is 17.2. The standard InChI is InChI=1S/C22H27N3O5/c1-22(2,3)30-21(28)24-18(16-12-8-5-9-13-16)20(27)23-17(19(26)25-29)14-15-10-6-4-7-11-15/h4-13,17-18,29H,14H2,1-3H3,(H,23,27)(H,24,28)(H,25,26)/t17-,18-/m0/s1. The van der Waals surface area contributed by atoms with Gasteiger partial charge in [-0.2, -0.15) is 0 Å². The van der Waals surface area contributed by atoms with Crippen molar-refractivity contribution < 1.29 is 24.3 Å². The smallest absolute Gasteiger partial charge is 0.408 e. The Morgan fingerprint density at radius 2 is 1.47 bits per heavy atom. The first-order chi connectivity index (χ1) is 14.2. The van der Waals surface area contributed by atoms with Gasteiger partial charge >= 0.3 is 6.09 Å². The van der Waals surface area contributed by atoms with Crippen LogP contribution in [0.25, 0.3) is 0 Å². The minimum atomic E-state index is -1.09. The minimum Gasteiger partial charge on any atom is -0.444 e. The van der Waals surface area contributed by atoms with Gasteiger partial charge < -0.3 is 15.4 Å². The molecule has 0 unspecified atom stereocenters. The van der Waals surface area contributed by atoms with Gasteiger partial charge in [0, 0.05) is 6.42 Å². The highest BCUT2D eigenvalue weighted by Crippen LogP contribution is 2.16. The van der Waals surface area contributed by atoms with E-state index >= 15 is 0 Å². The quantitative estimate of drug-likeness (QED) is 0.411. The molecule has 0 heterocycles. The number of carbonyl (C=O) groups excluding carboxylic acids is 3. The van der Waals surface area contributed by atoms with Crippen LogP contribution in [0.15, 0.2) is 60.7 Å². The lowest BCUT2D eigenvalue weighted by Crippen LogP contribution is -2.51. The van der Waals surface area contributed by atoms with Gasteiger partial charge in [0.25, 0.3) is 5.91 Å². The van der Waals surface area contributed by atoms with Gasteiger partial charge in [0.05, 0.1) is 0 Å². The molecule has 0 bridgehead atoms. The van der Waals surface area contributed by atoms with E-state index in [9.17, 15) is 14.4 Å². The maximum absolute atomic E-state index is 13.0. The molecule has 0 spiro atoms. The second-order valence-corrected chi connectivity index (χ2v) is 7.72. The van der Waals surface area contributed by atoms with Crippen molar-refractivity contribution in [2.24, 2.45) is 0 Å². The number of hydrogen-bond donors (Lipinski definition) is 4. The lowest BCUT2D eigenvalue weighted by Gasteiger charge is -2.25. The van der Waals surface area contributed by atoms with Crippen LogP contribution in [0.5, 0.6) is 0 Å². The molecule has 160 valence electrons. The SMILES string of the molecule is CC(C)(C)OC(=O)N[C@H](C(=O)N[C@@H](Cc1ccccc1)C(=O)NO)c1ccccc1. The summed E-state index contributed by atoms with van der Waals surface area (Å²) in [6.07, 6.45) is -0.606. The average molecular weight is 413 g/mol. The van der Waals surface area contributed by atoms with Crippen molar-refractivity contribution in [2.75, 3.05) is 0 Å². The second-order valence-electron chi connectivity index (χ2n) is 7.72. The predicted octanol–water partition coefficient (Wildman–Crippen LogP) is 2.49. The van der Waals surface area contributed by atoms with Crippen molar-refractivity contribution in [3.05, 3.63) is 71.8 Å². The Morgan fingerprint density at radius 3 is 2.00 bits per heavy atom. The molecule has 0 saturated heterocycles. The van der Waals surface area contributed by atoms with E-state index in [-0.39, 0.29) is 6.42 Å². The Bertz CT molecular complexity index is 850. The van der Waals surface area contributed by atoms with E-state index in [0.717, 1.165) is 5.56 Å². The van der Waals surface area contributed by atoms with Gasteiger partial charge in [-0.3, -0.25) is 14.8 Å². The maximum atomic E-state index is 13.0. The molecule has 0 aliphatic heterocycles. The van der Waals surface area contributed by atoms with Crippen molar-refractivity contribution in [3.8, 4) is 0 Å². The molecule has 2 atom stereocenters. The molecule has 2 aromatic rings. The number of rotatable bonds is 7. The molecule has 0 aliphatic rings. The number of hydrogen-bond acceptors (Lipinski definition) is 5. The number of ether oxygens (including phenoxy) is 1. The summed E-state index contributed by atoms with van der Waals surface area (Å²) < 4.78 is 5.26. The van der Waals surface area contributed by atoms with Gasteiger partial charge in [0.2, 0.25) is 5.91 Å². The summed E-state index contributed by atoms with van der Waals surface area (Å²) in [5.74, 6) is -1.38. The van der Waals surface area contributed by atoms with Crippen LogP contribution in [0, 0.1) is 0 Å². The first kappa shape index (κ1) is 22.9. The van der Waals surface area contributed by atoms with Gasteiger partial charge in [-0.15, -0.1) is 0 Å². The van der Waals surface area contributed by atoms with Crippen molar-refractivity contribution in [3.63, 3.8) is 0 Å².